The predicted octanol–water partition coefficient (Wildman–Crippen LogP) is 1.83. The minimum absolute atomic E-state index is 0.241. The van der Waals surface area contributed by atoms with E-state index in [9.17, 15) is 5.11 Å². The maximum atomic E-state index is 9.59. The Morgan fingerprint density at radius 3 is 3.21 bits per heavy atom. The van der Waals surface area contributed by atoms with Gasteiger partial charge in [-0.15, -0.1) is 0 Å². The van der Waals surface area contributed by atoms with Gasteiger partial charge in [-0.1, -0.05) is 19.1 Å². The molecule has 3 heteroatoms. The lowest BCUT2D eigenvalue weighted by atomic mass is 10.0. The molecule has 1 atom stereocenters. The zero-order valence-electron chi connectivity index (χ0n) is 8.29. The van der Waals surface area contributed by atoms with E-state index in [2.05, 4.69) is 12.2 Å². The van der Waals surface area contributed by atoms with E-state index >= 15 is 0 Å². The lowest BCUT2D eigenvalue weighted by Crippen LogP contribution is -2.26. The van der Waals surface area contributed by atoms with Crippen molar-refractivity contribution in [2.75, 3.05) is 13.2 Å². The molecule has 2 rings (SSSR count). The molecule has 0 amide bonds. The van der Waals surface area contributed by atoms with Crippen LogP contribution in [0.25, 0.3) is 0 Å². The van der Waals surface area contributed by atoms with Crippen molar-refractivity contribution in [3.05, 3.63) is 23.8 Å². The zero-order chi connectivity index (χ0) is 9.97. The average molecular weight is 193 g/mol. The molecule has 14 heavy (non-hydrogen) atoms. The van der Waals surface area contributed by atoms with Crippen molar-refractivity contribution in [3.8, 4) is 11.5 Å². The second kappa shape index (κ2) is 3.88. The van der Waals surface area contributed by atoms with E-state index in [0.29, 0.717) is 18.4 Å². The number of fused-ring (bicyclic) bond motifs is 1. The maximum Gasteiger partial charge on any atom is 0.165 e. The van der Waals surface area contributed by atoms with Crippen molar-refractivity contribution >= 4 is 0 Å². The van der Waals surface area contributed by atoms with Gasteiger partial charge in [0.05, 0.1) is 6.61 Å². The molecule has 3 nitrogen and oxygen atoms in total. The van der Waals surface area contributed by atoms with Gasteiger partial charge in [-0.05, 0) is 12.6 Å². The van der Waals surface area contributed by atoms with Crippen LogP contribution in [0, 0.1) is 0 Å². The second-order valence-corrected chi connectivity index (χ2v) is 3.44. The molecule has 0 radical (unpaired) electrons. The minimum atomic E-state index is 0.241. The van der Waals surface area contributed by atoms with Crippen LogP contribution in [0.2, 0.25) is 0 Å². The van der Waals surface area contributed by atoms with E-state index < -0.39 is 0 Å². The summed E-state index contributed by atoms with van der Waals surface area (Å²) in [6.07, 6.45) is 0.963. The fraction of sp³-hybridized carbons (Fsp3) is 0.455. The number of benzene rings is 1. The number of ether oxygens (including phenoxy) is 1. The lowest BCUT2D eigenvalue weighted by Gasteiger charge is -2.26. The lowest BCUT2D eigenvalue weighted by molar-refractivity contribution is 0.242. The number of phenols is 1. The van der Waals surface area contributed by atoms with Gasteiger partial charge in [0.25, 0.3) is 0 Å². The van der Waals surface area contributed by atoms with Gasteiger partial charge in [0.15, 0.2) is 11.5 Å². The summed E-state index contributed by atoms with van der Waals surface area (Å²) in [5.74, 6) is 0.884. The number of hydrogen-bond acceptors (Lipinski definition) is 3. The van der Waals surface area contributed by atoms with Crippen LogP contribution in [0.5, 0.6) is 11.5 Å². The van der Waals surface area contributed by atoms with Gasteiger partial charge in [-0.25, -0.2) is 0 Å². The van der Waals surface area contributed by atoms with E-state index in [-0.39, 0.29) is 5.75 Å². The SMILES string of the molecule is CCNC1CCOc2c(O)cccc21. The van der Waals surface area contributed by atoms with Crippen molar-refractivity contribution in [1.29, 1.82) is 0 Å². The first-order chi connectivity index (χ1) is 6.83. The molecule has 1 aliphatic rings. The molecule has 0 fully saturated rings. The second-order valence-electron chi connectivity index (χ2n) is 3.44. The van der Waals surface area contributed by atoms with Crippen LogP contribution in [-0.2, 0) is 0 Å². The van der Waals surface area contributed by atoms with Crippen molar-refractivity contribution < 1.29 is 9.84 Å². The molecular formula is C11H15NO2. The van der Waals surface area contributed by atoms with Crippen LogP contribution in [0.1, 0.15) is 24.9 Å². The molecule has 0 saturated heterocycles. The van der Waals surface area contributed by atoms with Gasteiger partial charge in [0.1, 0.15) is 0 Å². The molecule has 1 aromatic rings. The number of rotatable bonds is 2. The highest BCUT2D eigenvalue weighted by Gasteiger charge is 2.22. The monoisotopic (exact) mass is 193 g/mol. The molecule has 2 N–H and O–H groups in total. The van der Waals surface area contributed by atoms with Crippen molar-refractivity contribution in [2.45, 2.75) is 19.4 Å². The summed E-state index contributed by atoms with van der Waals surface area (Å²) in [5, 5.41) is 13.0. The molecular weight excluding hydrogens is 178 g/mol. The molecule has 1 unspecified atom stereocenters. The number of para-hydroxylation sites is 1. The highest BCUT2D eigenvalue weighted by Crippen LogP contribution is 2.38. The Kier molecular flexibility index (Phi) is 2.59. The first-order valence-corrected chi connectivity index (χ1v) is 5.01. The van der Waals surface area contributed by atoms with Gasteiger partial charge >= 0.3 is 0 Å². The van der Waals surface area contributed by atoms with Gasteiger partial charge < -0.3 is 15.2 Å². The molecule has 0 aliphatic carbocycles. The van der Waals surface area contributed by atoms with E-state index in [1.54, 1.807) is 6.07 Å². The summed E-state index contributed by atoms with van der Waals surface area (Å²) >= 11 is 0. The molecule has 76 valence electrons. The normalized spacial score (nSPS) is 19.9. The summed E-state index contributed by atoms with van der Waals surface area (Å²) in [6.45, 7) is 3.68. The van der Waals surface area contributed by atoms with Crippen LogP contribution in [0.3, 0.4) is 0 Å². The molecule has 0 bridgehead atoms. The summed E-state index contributed by atoms with van der Waals surface area (Å²) in [4.78, 5) is 0. The maximum absolute atomic E-state index is 9.59. The first kappa shape index (κ1) is 9.34. The van der Waals surface area contributed by atoms with Gasteiger partial charge in [0.2, 0.25) is 0 Å². The average Bonchev–Trinajstić information content (AvgIpc) is 2.20. The highest BCUT2D eigenvalue weighted by atomic mass is 16.5. The van der Waals surface area contributed by atoms with Crippen LogP contribution < -0.4 is 10.1 Å². The van der Waals surface area contributed by atoms with Crippen molar-refractivity contribution in [3.63, 3.8) is 0 Å². The Morgan fingerprint density at radius 2 is 2.43 bits per heavy atom. The topological polar surface area (TPSA) is 41.5 Å². The summed E-state index contributed by atoms with van der Waals surface area (Å²) in [7, 11) is 0. The summed E-state index contributed by atoms with van der Waals surface area (Å²) in [5.41, 5.74) is 1.07. The third-order valence-corrected chi connectivity index (χ3v) is 2.50. The molecule has 1 heterocycles. The smallest absolute Gasteiger partial charge is 0.165 e. The molecule has 0 saturated carbocycles. The third kappa shape index (κ3) is 1.55. The summed E-state index contributed by atoms with van der Waals surface area (Å²) < 4.78 is 5.44. The predicted molar refractivity (Wildman–Crippen MR) is 54.6 cm³/mol. The first-order valence-electron chi connectivity index (χ1n) is 5.01. The van der Waals surface area contributed by atoms with Crippen LogP contribution in [0.15, 0.2) is 18.2 Å². The number of phenolic OH excluding ortho intramolecular Hbond substituents is 1. The van der Waals surface area contributed by atoms with E-state index in [1.165, 1.54) is 0 Å². The van der Waals surface area contributed by atoms with Gasteiger partial charge in [-0.2, -0.15) is 0 Å². The fourth-order valence-corrected chi connectivity index (χ4v) is 1.87. The van der Waals surface area contributed by atoms with Crippen LogP contribution >= 0.6 is 0 Å². The number of aromatic hydroxyl groups is 1. The third-order valence-electron chi connectivity index (χ3n) is 2.50. The fourth-order valence-electron chi connectivity index (χ4n) is 1.87. The Balaban J connectivity index is 2.34. The largest absolute Gasteiger partial charge is 0.504 e. The summed E-state index contributed by atoms with van der Waals surface area (Å²) in [6, 6.07) is 5.83. The molecule has 1 aromatic carbocycles. The van der Waals surface area contributed by atoms with E-state index in [0.717, 1.165) is 18.5 Å². The van der Waals surface area contributed by atoms with Crippen LogP contribution in [0.4, 0.5) is 0 Å². The Bertz CT molecular complexity index is 325. The Hall–Kier alpha value is -1.22. The molecule has 1 aliphatic heterocycles. The Morgan fingerprint density at radius 1 is 1.57 bits per heavy atom. The number of hydrogen-bond donors (Lipinski definition) is 2. The Labute approximate surface area is 83.7 Å². The standard InChI is InChI=1S/C11H15NO2/c1-2-12-9-6-7-14-11-8(9)4-3-5-10(11)13/h3-5,9,12-13H,2,6-7H2,1H3. The van der Waals surface area contributed by atoms with Crippen LogP contribution in [-0.4, -0.2) is 18.3 Å². The number of nitrogens with one attached hydrogen (secondary N) is 1. The molecule has 0 aromatic heterocycles. The molecule has 0 spiro atoms. The van der Waals surface area contributed by atoms with Gasteiger partial charge in [0, 0.05) is 18.0 Å². The van der Waals surface area contributed by atoms with Gasteiger partial charge in [-0.3, -0.25) is 0 Å². The zero-order valence-corrected chi connectivity index (χ0v) is 8.29. The van der Waals surface area contributed by atoms with Crippen molar-refractivity contribution in [2.24, 2.45) is 0 Å². The van der Waals surface area contributed by atoms with E-state index in [4.69, 9.17) is 4.74 Å². The quantitative estimate of drug-likeness (QED) is 0.752. The minimum Gasteiger partial charge on any atom is -0.504 e. The van der Waals surface area contributed by atoms with Crippen molar-refractivity contribution in [1.82, 2.24) is 5.32 Å². The van der Waals surface area contributed by atoms with E-state index in [1.807, 2.05) is 12.1 Å². The highest BCUT2D eigenvalue weighted by molar-refractivity contribution is 5.48.